The van der Waals surface area contributed by atoms with Crippen LogP contribution in [0.25, 0.3) is 0 Å². The average Bonchev–Trinajstić information content (AvgIpc) is 3.04. The summed E-state index contributed by atoms with van der Waals surface area (Å²) in [5, 5.41) is 0. The van der Waals surface area contributed by atoms with Crippen LogP contribution in [0, 0.1) is 0 Å². The lowest BCUT2D eigenvalue weighted by Gasteiger charge is -2.29. The first-order valence-corrected chi connectivity index (χ1v) is 9.53. The summed E-state index contributed by atoms with van der Waals surface area (Å²) in [4.78, 5) is 29.6. The Bertz CT molecular complexity index is 763. The van der Waals surface area contributed by atoms with E-state index in [1.54, 1.807) is 41.5 Å². The number of amides is 2. The van der Waals surface area contributed by atoms with Crippen LogP contribution in [0.4, 0.5) is 28.4 Å². The molecule has 10 heteroatoms. The van der Waals surface area contributed by atoms with Crippen molar-refractivity contribution in [2.45, 2.75) is 77.9 Å². The third kappa shape index (κ3) is 6.32. The van der Waals surface area contributed by atoms with Gasteiger partial charge in [0.15, 0.2) is 0 Å². The fraction of sp³-hybridized carbons (Fsp3) is 0.650. The molecule has 0 aliphatic carbocycles. The Labute approximate surface area is 173 Å². The molecule has 0 radical (unpaired) electrons. The van der Waals surface area contributed by atoms with E-state index in [-0.39, 0.29) is 5.69 Å². The van der Waals surface area contributed by atoms with E-state index in [0.717, 1.165) is 6.20 Å². The Balaban J connectivity index is 2.53. The number of anilines is 1. The molecule has 2 rings (SSSR count). The minimum atomic E-state index is -4.77. The van der Waals surface area contributed by atoms with Gasteiger partial charge in [-0.3, -0.25) is 4.98 Å². The quantitative estimate of drug-likeness (QED) is 0.603. The van der Waals surface area contributed by atoms with Crippen LogP contribution in [0.5, 0.6) is 0 Å². The van der Waals surface area contributed by atoms with E-state index in [0.29, 0.717) is 30.4 Å². The van der Waals surface area contributed by atoms with Crippen molar-refractivity contribution in [3.8, 4) is 0 Å². The first kappa shape index (κ1) is 23.9. The highest BCUT2D eigenvalue weighted by atomic mass is 19.4. The summed E-state index contributed by atoms with van der Waals surface area (Å²) in [6, 6.07) is 0.692. The zero-order valence-electron chi connectivity index (χ0n) is 17.9. The molecule has 0 bridgehead atoms. The van der Waals surface area contributed by atoms with Crippen molar-refractivity contribution in [2.24, 2.45) is 0 Å². The van der Waals surface area contributed by atoms with Gasteiger partial charge in [0, 0.05) is 6.61 Å². The Morgan fingerprint density at radius 1 is 1.07 bits per heavy atom. The summed E-state index contributed by atoms with van der Waals surface area (Å²) in [6.07, 6.45) is -5.87. The molecule has 1 aliphatic heterocycles. The molecule has 1 saturated heterocycles. The molecule has 1 aliphatic rings. The van der Waals surface area contributed by atoms with Crippen molar-refractivity contribution in [1.82, 2.24) is 4.98 Å². The van der Waals surface area contributed by atoms with Gasteiger partial charge < -0.3 is 14.2 Å². The number of rotatable bonds is 2. The molecule has 2 amide bonds. The summed E-state index contributed by atoms with van der Waals surface area (Å²) < 4.78 is 57.0. The highest BCUT2D eigenvalue weighted by Crippen LogP contribution is 2.39. The molecule has 1 unspecified atom stereocenters. The fourth-order valence-corrected chi connectivity index (χ4v) is 2.76. The van der Waals surface area contributed by atoms with Gasteiger partial charge in [-0.2, -0.15) is 18.1 Å². The highest BCUT2D eigenvalue weighted by molar-refractivity contribution is 6.09. The maximum absolute atomic E-state index is 13.7. The number of halogens is 3. The van der Waals surface area contributed by atoms with Crippen LogP contribution in [-0.4, -0.2) is 35.0 Å². The number of hydrogen-bond donors (Lipinski definition) is 0. The molecule has 1 atom stereocenters. The molecule has 168 valence electrons. The second-order valence-electron chi connectivity index (χ2n) is 8.92. The first-order valence-electron chi connectivity index (χ1n) is 9.53. The number of alkyl halides is 3. The van der Waals surface area contributed by atoms with E-state index in [1.807, 2.05) is 0 Å². The topological polar surface area (TPSA) is 78.0 Å². The summed E-state index contributed by atoms with van der Waals surface area (Å²) >= 11 is 0. The van der Waals surface area contributed by atoms with Crippen LogP contribution < -0.4 is 4.90 Å². The summed E-state index contributed by atoms with van der Waals surface area (Å²) in [7, 11) is 0. The highest BCUT2D eigenvalue weighted by Gasteiger charge is 2.40. The summed E-state index contributed by atoms with van der Waals surface area (Å²) in [6.45, 7) is 9.75. The van der Waals surface area contributed by atoms with Crippen LogP contribution in [0.2, 0.25) is 0 Å². The van der Waals surface area contributed by atoms with Gasteiger partial charge in [-0.05, 0) is 60.5 Å². The van der Waals surface area contributed by atoms with Crippen molar-refractivity contribution in [3.05, 3.63) is 23.5 Å². The number of nitrogens with zero attached hydrogens (tertiary/aromatic N) is 2. The Morgan fingerprint density at radius 3 is 2.00 bits per heavy atom. The van der Waals surface area contributed by atoms with Crippen molar-refractivity contribution in [1.29, 1.82) is 0 Å². The molecule has 0 spiro atoms. The molecule has 0 aromatic carbocycles. The molecule has 0 N–H and O–H groups in total. The molecule has 1 fully saturated rings. The van der Waals surface area contributed by atoms with Crippen LogP contribution in [0.1, 0.15) is 71.7 Å². The van der Waals surface area contributed by atoms with Crippen LogP contribution in [0.15, 0.2) is 12.3 Å². The second kappa shape index (κ2) is 8.41. The van der Waals surface area contributed by atoms with Crippen molar-refractivity contribution in [3.63, 3.8) is 0 Å². The Kier molecular flexibility index (Phi) is 6.70. The minimum absolute atomic E-state index is 0.280. The molecule has 0 saturated carbocycles. The van der Waals surface area contributed by atoms with E-state index in [4.69, 9.17) is 14.2 Å². The van der Waals surface area contributed by atoms with Gasteiger partial charge in [-0.25, -0.2) is 9.59 Å². The molecular weight excluding hydrogens is 405 g/mol. The third-order valence-electron chi connectivity index (χ3n) is 3.85. The van der Waals surface area contributed by atoms with Crippen molar-refractivity contribution >= 4 is 17.9 Å². The zero-order valence-corrected chi connectivity index (χ0v) is 17.9. The number of hydrogen-bond acceptors (Lipinski definition) is 6. The molecule has 2 heterocycles. The average molecular weight is 432 g/mol. The Hall–Kier alpha value is -2.36. The van der Waals surface area contributed by atoms with E-state index in [2.05, 4.69) is 4.98 Å². The number of ether oxygens (including phenoxy) is 3. The lowest BCUT2D eigenvalue weighted by Crippen LogP contribution is -2.44. The third-order valence-corrected chi connectivity index (χ3v) is 3.85. The lowest BCUT2D eigenvalue weighted by molar-refractivity contribution is -0.139. The van der Waals surface area contributed by atoms with E-state index in [1.165, 1.54) is 0 Å². The number of carbonyl (C=O) groups excluding carboxylic acids is 2. The standard InChI is InChI=1S/C20H27F3N2O5/c1-18(2,3)29-16(26)25(17(27)30-19(4,5)6)12-10-13(20(21,22)23)15(24-11-12)14-8-7-9-28-14/h10-11,14H,7-9H2,1-6H3. The number of carbonyl (C=O) groups is 2. The van der Waals surface area contributed by atoms with E-state index in [9.17, 15) is 22.8 Å². The lowest BCUT2D eigenvalue weighted by atomic mass is 10.1. The number of pyridine rings is 1. The predicted molar refractivity (Wildman–Crippen MR) is 102 cm³/mol. The second-order valence-corrected chi connectivity index (χ2v) is 8.92. The zero-order chi connectivity index (χ0) is 22.9. The molecule has 30 heavy (non-hydrogen) atoms. The van der Waals surface area contributed by atoms with E-state index < -0.39 is 46.9 Å². The van der Waals surface area contributed by atoms with Crippen LogP contribution in [0.3, 0.4) is 0 Å². The van der Waals surface area contributed by atoms with Crippen LogP contribution >= 0.6 is 0 Å². The number of aromatic nitrogens is 1. The minimum Gasteiger partial charge on any atom is -0.443 e. The summed E-state index contributed by atoms with van der Waals surface area (Å²) in [5.74, 6) is 0. The monoisotopic (exact) mass is 432 g/mol. The maximum Gasteiger partial charge on any atom is 0.424 e. The van der Waals surface area contributed by atoms with Gasteiger partial charge >= 0.3 is 18.4 Å². The van der Waals surface area contributed by atoms with Gasteiger partial charge in [0.1, 0.15) is 17.3 Å². The maximum atomic E-state index is 13.7. The molecule has 7 nitrogen and oxygen atoms in total. The van der Waals surface area contributed by atoms with Crippen molar-refractivity contribution in [2.75, 3.05) is 11.5 Å². The normalized spacial score (nSPS) is 17.6. The van der Waals surface area contributed by atoms with Crippen LogP contribution in [-0.2, 0) is 20.4 Å². The first-order chi connectivity index (χ1) is 13.6. The smallest absolute Gasteiger partial charge is 0.424 e. The fourth-order valence-electron chi connectivity index (χ4n) is 2.76. The van der Waals surface area contributed by atoms with Gasteiger partial charge in [-0.1, -0.05) is 0 Å². The Morgan fingerprint density at radius 2 is 1.60 bits per heavy atom. The molecule has 1 aromatic heterocycles. The van der Waals surface area contributed by atoms with Crippen molar-refractivity contribution < 1.29 is 37.0 Å². The van der Waals surface area contributed by atoms with E-state index >= 15 is 0 Å². The molecular formula is C20H27F3N2O5. The number of imide groups is 1. The SMILES string of the molecule is CC(C)(C)OC(=O)N(C(=O)OC(C)(C)C)c1cnc(C2CCCO2)c(C(F)(F)F)c1. The van der Waals surface area contributed by atoms with Gasteiger partial charge in [0.05, 0.1) is 23.1 Å². The van der Waals surface area contributed by atoms with Gasteiger partial charge in [-0.15, -0.1) is 0 Å². The largest absolute Gasteiger partial charge is 0.443 e. The summed E-state index contributed by atoms with van der Waals surface area (Å²) in [5.41, 5.74) is -3.75. The van der Waals surface area contributed by atoms with Gasteiger partial charge in [0.25, 0.3) is 0 Å². The molecule has 1 aromatic rings. The predicted octanol–water partition coefficient (Wildman–Crippen LogP) is 5.63. The van der Waals surface area contributed by atoms with Gasteiger partial charge in [0.2, 0.25) is 0 Å².